The Hall–Kier alpha value is -1.72. The number of hydrogen-bond acceptors (Lipinski definition) is 2. The molecule has 0 saturated heterocycles. The van der Waals surface area contributed by atoms with E-state index in [-0.39, 0.29) is 5.41 Å². The Morgan fingerprint density at radius 1 is 1.29 bits per heavy atom. The fourth-order valence-electron chi connectivity index (χ4n) is 1.98. The zero-order chi connectivity index (χ0) is 15.7. The first kappa shape index (κ1) is 17.3. The van der Waals surface area contributed by atoms with Crippen LogP contribution in [0.15, 0.2) is 36.4 Å². The molecule has 0 aliphatic rings. The van der Waals surface area contributed by atoms with Gasteiger partial charge in [-0.15, -0.1) is 0 Å². The van der Waals surface area contributed by atoms with Gasteiger partial charge in [-0.2, -0.15) is 0 Å². The van der Waals surface area contributed by atoms with E-state index < -0.39 is 0 Å². The summed E-state index contributed by atoms with van der Waals surface area (Å²) in [5.74, 6) is 6.62. The van der Waals surface area contributed by atoms with E-state index in [4.69, 9.17) is 0 Å². The van der Waals surface area contributed by atoms with Crippen molar-refractivity contribution in [3.63, 3.8) is 0 Å². The number of benzene rings is 1. The van der Waals surface area contributed by atoms with Crippen LogP contribution in [0.25, 0.3) is 0 Å². The summed E-state index contributed by atoms with van der Waals surface area (Å²) < 4.78 is 0. The van der Waals surface area contributed by atoms with Crippen LogP contribution in [0.4, 0.5) is 0 Å². The Morgan fingerprint density at radius 3 is 2.67 bits per heavy atom. The third-order valence-electron chi connectivity index (χ3n) is 2.87. The Labute approximate surface area is 129 Å². The summed E-state index contributed by atoms with van der Waals surface area (Å²) in [6, 6.07) is 7.46. The average molecular weight is 285 g/mol. The molecule has 0 aliphatic carbocycles. The van der Waals surface area contributed by atoms with Gasteiger partial charge in [0.15, 0.2) is 0 Å². The van der Waals surface area contributed by atoms with E-state index in [1.54, 1.807) is 6.07 Å². The van der Waals surface area contributed by atoms with Gasteiger partial charge in [0.1, 0.15) is 5.75 Å². The van der Waals surface area contributed by atoms with Gasteiger partial charge in [0, 0.05) is 18.5 Å². The number of aromatic hydroxyl groups is 1. The number of nitrogens with zero attached hydrogens (tertiary/aromatic N) is 1. The Kier molecular flexibility index (Phi) is 7.05. The highest BCUT2D eigenvalue weighted by molar-refractivity contribution is 5.27. The van der Waals surface area contributed by atoms with Crippen LogP contribution in [0.1, 0.15) is 39.7 Å². The zero-order valence-electron chi connectivity index (χ0n) is 13.7. The highest BCUT2D eigenvalue weighted by Gasteiger charge is 2.04. The molecule has 0 unspecified atom stereocenters. The molecular formula is C19H27NO. The van der Waals surface area contributed by atoms with E-state index in [1.807, 2.05) is 24.3 Å². The molecule has 0 heterocycles. The summed E-state index contributed by atoms with van der Waals surface area (Å²) in [5, 5.41) is 9.53. The second-order valence-corrected chi connectivity index (χ2v) is 6.33. The van der Waals surface area contributed by atoms with Crippen molar-refractivity contribution in [2.24, 2.45) is 5.41 Å². The van der Waals surface area contributed by atoms with E-state index in [0.29, 0.717) is 5.75 Å². The molecule has 21 heavy (non-hydrogen) atoms. The molecule has 0 atom stereocenters. The predicted octanol–water partition coefficient (Wildman–Crippen LogP) is 4.21. The van der Waals surface area contributed by atoms with Gasteiger partial charge >= 0.3 is 0 Å². The molecule has 0 radical (unpaired) electrons. The topological polar surface area (TPSA) is 23.5 Å². The SMILES string of the molecule is CCCN(CC=CC#CC(C)(C)C)Cc1cccc(O)c1. The fraction of sp³-hybridized carbons (Fsp3) is 0.474. The molecule has 1 rings (SSSR count). The van der Waals surface area contributed by atoms with Crippen LogP contribution in [0.2, 0.25) is 0 Å². The van der Waals surface area contributed by atoms with Gasteiger partial charge in [0.05, 0.1) is 0 Å². The Morgan fingerprint density at radius 2 is 2.05 bits per heavy atom. The van der Waals surface area contributed by atoms with Crippen LogP contribution in [0, 0.1) is 17.3 Å². The maximum Gasteiger partial charge on any atom is 0.115 e. The minimum Gasteiger partial charge on any atom is -0.508 e. The lowest BCUT2D eigenvalue weighted by Crippen LogP contribution is -2.24. The van der Waals surface area contributed by atoms with Crippen molar-refractivity contribution < 1.29 is 5.11 Å². The molecule has 0 saturated carbocycles. The van der Waals surface area contributed by atoms with Crippen molar-refractivity contribution in [3.05, 3.63) is 42.0 Å². The maximum atomic E-state index is 9.53. The van der Waals surface area contributed by atoms with Gasteiger partial charge in [0.25, 0.3) is 0 Å². The number of rotatable bonds is 6. The van der Waals surface area contributed by atoms with Crippen molar-refractivity contribution in [1.29, 1.82) is 0 Å². The van der Waals surface area contributed by atoms with E-state index >= 15 is 0 Å². The minimum absolute atomic E-state index is 0.0506. The molecule has 114 valence electrons. The van der Waals surface area contributed by atoms with Crippen LogP contribution in [-0.4, -0.2) is 23.1 Å². The summed E-state index contributed by atoms with van der Waals surface area (Å²) in [5.41, 5.74) is 1.19. The van der Waals surface area contributed by atoms with Gasteiger partial charge < -0.3 is 5.11 Å². The van der Waals surface area contributed by atoms with E-state index in [0.717, 1.165) is 31.6 Å². The summed E-state index contributed by atoms with van der Waals surface area (Å²) in [7, 11) is 0. The van der Waals surface area contributed by atoms with Crippen LogP contribution in [0.5, 0.6) is 5.75 Å². The third-order valence-corrected chi connectivity index (χ3v) is 2.87. The molecule has 2 heteroatoms. The van der Waals surface area contributed by atoms with Crippen molar-refractivity contribution in [2.45, 2.75) is 40.7 Å². The van der Waals surface area contributed by atoms with Crippen LogP contribution in [0.3, 0.4) is 0 Å². The minimum atomic E-state index is 0.0506. The van der Waals surface area contributed by atoms with Crippen molar-refractivity contribution in [3.8, 4) is 17.6 Å². The van der Waals surface area contributed by atoms with Gasteiger partial charge in [-0.25, -0.2) is 0 Å². The summed E-state index contributed by atoms with van der Waals surface area (Å²) in [4.78, 5) is 2.35. The van der Waals surface area contributed by atoms with E-state index in [1.165, 1.54) is 0 Å². The Balaban J connectivity index is 2.57. The number of hydrogen-bond donors (Lipinski definition) is 1. The maximum absolute atomic E-state index is 9.53. The molecule has 0 spiro atoms. The lowest BCUT2D eigenvalue weighted by molar-refractivity contribution is 0.294. The van der Waals surface area contributed by atoms with Crippen molar-refractivity contribution >= 4 is 0 Å². The number of allylic oxidation sites excluding steroid dienone is 1. The lowest BCUT2D eigenvalue weighted by atomic mass is 9.98. The molecule has 0 amide bonds. The average Bonchev–Trinajstić information content (AvgIpc) is 2.37. The monoisotopic (exact) mass is 285 g/mol. The lowest BCUT2D eigenvalue weighted by Gasteiger charge is -2.19. The molecule has 1 aromatic carbocycles. The Bertz CT molecular complexity index is 514. The smallest absolute Gasteiger partial charge is 0.115 e. The normalized spacial score (nSPS) is 11.7. The molecule has 0 aromatic heterocycles. The fourth-order valence-corrected chi connectivity index (χ4v) is 1.98. The number of phenolic OH excluding ortho intramolecular Hbond substituents is 1. The summed E-state index contributed by atoms with van der Waals surface area (Å²) >= 11 is 0. The van der Waals surface area contributed by atoms with Crippen LogP contribution < -0.4 is 0 Å². The largest absolute Gasteiger partial charge is 0.508 e. The molecule has 2 nitrogen and oxygen atoms in total. The second kappa shape index (κ2) is 8.54. The summed E-state index contributed by atoms with van der Waals surface area (Å²) in [6.45, 7) is 11.3. The van der Waals surface area contributed by atoms with Gasteiger partial charge in [-0.3, -0.25) is 4.90 Å². The van der Waals surface area contributed by atoms with E-state index in [9.17, 15) is 5.11 Å². The van der Waals surface area contributed by atoms with Gasteiger partial charge in [-0.1, -0.05) is 37.0 Å². The van der Waals surface area contributed by atoms with Crippen molar-refractivity contribution in [2.75, 3.05) is 13.1 Å². The number of phenols is 1. The predicted molar refractivity (Wildman–Crippen MR) is 90.0 cm³/mol. The molecule has 0 fully saturated rings. The van der Waals surface area contributed by atoms with Crippen LogP contribution >= 0.6 is 0 Å². The molecule has 1 N–H and O–H groups in total. The second-order valence-electron chi connectivity index (χ2n) is 6.33. The molecule has 0 bridgehead atoms. The molecule has 1 aromatic rings. The quantitative estimate of drug-likeness (QED) is 0.791. The molecular weight excluding hydrogens is 258 g/mol. The first-order chi connectivity index (χ1) is 9.90. The van der Waals surface area contributed by atoms with Crippen molar-refractivity contribution in [1.82, 2.24) is 4.90 Å². The standard InChI is InChI=1S/C19H27NO/c1-5-13-20(14-8-6-7-12-19(2,3)4)16-17-10-9-11-18(21)15-17/h6,8-11,15,21H,5,13-14,16H2,1-4H3. The first-order valence-corrected chi connectivity index (χ1v) is 7.58. The zero-order valence-corrected chi connectivity index (χ0v) is 13.7. The highest BCUT2D eigenvalue weighted by Crippen LogP contribution is 2.13. The first-order valence-electron chi connectivity index (χ1n) is 7.58. The van der Waals surface area contributed by atoms with Gasteiger partial charge in [0.2, 0.25) is 0 Å². The van der Waals surface area contributed by atoms with Gasteiger partial charge in [-0.05, 0) is 57.5 Å². The third kappa shape index (κ3) is 8.22. The molecule has 0 aliphatic heterocycles. The highest BCUT2D eigenvalue weighted by atomic mass is 16.3. The van der Waals surface area contributed by atoms with E-state index in [2.05, 4.69) is 50.5 Å². The van der Waals surface area contributed by atoms with Crippen LogP contribution in [-0.2, 0) is 6.54 Å². The summed E-state index contributed by atoms with van der Waals surface area (Å²) in [6.07, 6.45) is 5.16.